The van der Waals surface area contributed by atoms with Crippen LogP contribution in [0.5, 0.6) is 0 Å². The number of likely N-dealkylation sites (tertiary alicyclic amines) is 2. The minimum Gasteiger partial charge on any atom is -0.361 e. The molecule has 2 aliphatic heterocycles. The van der Waals surface area contributed by atoms with Crippen molar-refractivity contribution in [3.8, 4) is 0 Å². The molecule has 2 unspecified atom stereocenters. The van der Waals surface area contributed by atoms with Crippen LogP contribution in [0.15, 0.2) is 22.9 Å². The molecule has 0 N–H and O–H groups in total. The van der Waals surface area contributed by atoms with Crippen molar-refractivity contribution in [2.45, 2.75) is 25.8 Å². The third-order valence-electron chi connectivity index (χ3n) is 5.04. The predicted octanol–water partition coefficient (Wildman–Crippen LogP) is 0.759. The highest BCUT2D eigenvalue weighted by Gasteiger charge is 2.52. The van der Waals surface area contributed by atoms with Gasteiger partial charge in [0.2, 0.25) is 11.8 Å². The maximum atomic E-state index is 12.5. The summed E-state index contributed by atoms with van der Waals surface area (Å²) in [7, 11) is 0. The normalized spacial score (nSPS) is 27.3. The van der Waals surface area contributed by atoms with E-state index in [1.54, 1.807) is 11.8 Å². The van der Waals surface area contributed by atoms with Crippen LogP contribution in [-0.4, -0.2) is 51.8 Å². The Kier molecular flexibility index (Phi) is 3.11. The first-order chi connectivity index (χ1) is 11.1. The van der Waals surface area contributed by atoms with E-state index < -0.39 is 0 Å². The molecule has 3 amide bonds. The van der Waals surface area contributed by atoms with Crippen molar-refractivity contribution in [1.29, 1.82) is 0 Å². The zero-order chi connectivity index (χ0) is 16.1. The number of carbonyl (C=O) groups excluding carboxylic acids is 3. The van der Waals surface area contributed by atoms with Crippen molar-refractivity contribution in [3.63, 3.8) is 0 Å². The predicted molar refractivity (Wildman–Crippen MR) is 78.1 cm³/mol. The summed E-state index contributed by atoms with van der Waals surface area (Å²) in [5.41, 5.74) is 0.431. The van der Waals surface area contributed by atoms with Gasteiger partial charge in [0.05, 0.1) is 24.1 Å². The van der Waals surface area contributed by atoms with Crippen molar-refractivity contribution >= 4 is 17.7 Å². The van der Waals surface area contributed by atoms with Gasteiger partial charge in [0.25, 0.3) is 5.91 Å². The molecule has 2 fully saturated rings. The second-order valence-corrected chi connectivity index (χ2v) is 6.36. The van der Waals surface area contributed by atoms with Crippen LogP contribution < -0.4 is 0 Å². The SMILES string of the molecule is Cc1oncc1C(=O)N1CC(N2C(=O)C3CC=CCC3C2=O)C1. The number of nitrogens with zero attached hydrogens (tertiary/aromatic N) is 3. The summed E-state index contributed by atoms with van der Waals surface area (Å²) in [5.74, 6) is -0.276. The lowest BCUT2D eigenvalue weighted by Crippen LogP contribution is -2.62. The van der Waals surface area contributed by atoms with Gasteiger partial charge in [-0.3, -0.25) is 19.3 Å². The van der Waals surface area contributed by atoms with E-state index in [0.717, 1.165) is 0 Å². The van der Waals surface area contributed by atoms with E-state index in [0.29, 0.717) is 37.3 Å². The molecule has 2 atom stereocenters. The summed E-state index contributed by atoms with van der Waals surface area (Å²) in [6, 6.07) is -0.204. The zero-order valence-electron chi connectivity index (χ0n) is 12.8. The smallest absolute Gasteiger partial charge is 0.259 e. The fourth-order valence-electron chi connectivity index (χ4n) is 3.64. The highest BCUT2D eigenvalue weighted by atomic mass is 16.5. The van der Waals surface area contributed by atoms with E-state index in [1.165, 1.54) is 11.1 Å². The second kappa shape index (κ2) is 5.04. The largest absolute Gasteiger partial charge is 0.361 e. The van der Waals surface area contributed by atoms with E-state index >= 15 is 0 Å². The van der Waals surface area contributed by atoms with Gasteiger partial charge in [0.15, 0.2) is 0 Å². The molecule has 4 rings (SSSR count). The van der Waals surface area contributed by atoms with Crippen molar-refractivity contribution in [2.75, 3.05) is 13.1 Å². The van der Waals surface area contributed by atoms with Crippen LogP contribution in [0.1, 0.15) is 29.0 Å². The highest BCUT2D eigenvalue weighted by molar-refractivity contribution is 6.06. The van der Waals surface area contributed by atoms with Gasteiger partial charge in [0.1, 0.15) is 11.3 Å². The van der Waals surface area contributed by atoms with Crippen molar-refractivity contribution in [2.24, 2.45) is 11.8 Å². The molecule has 1 aromatic heterocycles. The number of hydrogen-bond acceptors (Lipinski definition) is 5. The van der Waals surface area contributed by atoms with Crippen LogP contribution in [0.2, 0.25) is 0 Å². The summed E-state index contributed by atoms with van der Waals surface area (Å²) < 4.78 is 4.91. The zero-order valence-corrected chi connectivity index (χ0v) is 12.8. The Bertz CT molecular complexity index is 691. The van der Waals surface area contributed by atoms with Crippen molar-refractivity contribution < 1.29 is 18.9 Å². The molecule has 0 radical (unpaired) electrons. The Morgan fingerprint density at radius 2 is 1.78 bits per heavy atom. The molecule has 7 heteroatoms. The molecule has 1 aromatic rings. The summed E-state index contributed by atoms with van der Waals surface area (Å²) in [4.78, 5) is 40.3. The lowest BCUT2D eigenvalue weighted by molar-refractivity contribution is -0.145. The average molecular weight is 315 g/mol. The molecule has 2 saturated heterocycles. The maximum absolute atomic E-state index is 12.5. The monoisotopic (exact) mass is 315 g/mol. The van der Waals surface area contributed by atoms with Gasteiger partial charge in [-0.05, 0) is 19.8 Å². The molecular formula is C16H17N3O4. The van der Waals surface area contributed by atoms with Crippen LogP contribution in [0.4, 0.5) is 0 Å². The maximum Gasteiger partial charge on any atom is 0.259 e. The molecule has 0 saturated carbocycles. The molecule has 0 aromatic carbocycles. The Hall–Kier alpha value is -2.44. The third kappa shape index (κ3) is 2.03. The number of imide groups is 1. The van der Waals surface area contributed by atoms with E-state index in [4.69, 9.17) is 4.52 Å². The number of rotatable bonds is 2. The first-order valence-electron chi connectivity index (χ1n) is 7.80. The number of fused-ring (bicyclic) bond motifs is 1. The fourth-order valence-corrected chi connectivity index (χ4v) is 3.64. The van der Waals surface area contributed by atoms with E-state index in [-0.39, 0.29) is 35.6 Å². The summed E-state index contributed by atoms with van der Waals surface area (Å²) in [6.07, 6.45) is 6.63. The minimum atomic E-state index is -0.211. The minimum absolute atomic E-state index is 0.0809. The Balaban J connectivity index is 1.44. The van der Waals surface area contributed by atoms with Gasteiger partial charge < -0.3 is 9.42 Å². The summed E-state index contributed by atoms with van der Waals surface area (Å²) >= 11 is 0. The second-order valence-electron chi connectivity index (χ2n) is 6.36. The fraction of sp³-hybridized carbons (Fsp3) is 0.500. The van der Waals surface area contributed by atoms with Crippen LogP contribution in [0.3, 0.4) is 0 Å². The molecule has 120 valence electrons. The molecular weight excluding hydrogens is 298 g/mol. The lowest BCUT2D eigenvalue weighted by atomic mass is 9.85. The topological polar surface area (TPSA) is 83.7 Å². The molecule has 1 aliphatic carbocycles. The van der Waals surface area contributed by atoms with Crippen molar-refractivity contribution in [1.82, 2.24) is 15.0 Å². The molecule has 0 spiro atoms. The number of allylic oxidation sites excluding steroid dienone is 2. The summed E-state index contributed by atoms with van der Waals surface area (Å²) in [6.45, 7) is 2.45. The lowest BCUT2D eigenvalue weighted by Gasteiger charge is -2.43. The Labute approximate surface area is 132 Å². The first-order valence-corrected chi connectivity index (χ1v) is 7.80. The van der Waals surface area contributed by atoms with E-state index in [9.17, 15) is 14.4 Å². The standard InChI is InChI=1S/C16H17N3O4/c1-9-13(6-17-23-9)14(20)18-7-10(8-18)19-15(21)11-4-2-3-5-12(11)16(19)22/h2-3,6,10-12H,4-5,7-8H2,1H3. The van der Waals surface area contributed by atoms with E-state index in [1.807, 2.05) is 12.2 Å². The number of aromatic nitrogens is 1. The molecule has 7 nitrogen and oxygen atoms in total. The van der Waals surface area contributed by atoms with Crippen LogP contribution in [0.25, 0.3) is 0 Å². The third-order valence-corrected chi connectivity index (χ3v) is 5.04. The number of carbonyl (C=O) groups is 3. The van der Waals surface area contributed by atoms with Gasteiger partial charge in [-0.2, -0.15) is 0 Å². The quantitative estimate of drug-likeness (QED) is 0.594. The molecule has 3 aliphatic rings. The van der Waals surface area contributed by atoms with Crippen LogP contribution >= 0.6 is 0 Å². The molecule has 23 heavy (non-hydrogen) atoms. The van der Waals surface area contributed by atoms with Gasteiger partial charge in [-0.25, -0.2) is 0 Å². The van der Waals surface area contributed by atoms with Gasteiger partial charge >= 0.3 is 0 Å². The number of hydrogen-bond donors (Lipinski definition) is 0. The highest BCUT2D eigenvalue weighted by Crippen LogP contribution is 2.37. The van der Waals surface area contributed by atoms with Crippen molar-refractivity contribution in [3.05, 3.63) is 29.7 Å². The van der Waals surface area contributed by atoms with Gasteiger partial charge in [0, 0.05) is 13.1 Å². The molecule has 0 bridgehead atoms. The van der Waals surface area contributed by atoms with Gasteiger partial charge in [-0.1, -0.05) is 17.3 Å². The van der Waals surface area contributed by atoms with Crippen LogP contribution in [-0.2, 0) is 9.59 Å². The number of amides is 3. The summed E-state index contributed by atoms with van der Waals surface area (Å²) in [5, 5.41) is 3.61. The average Bonchev–Trinajstić information content (AvgIpc) is 3.03. The first kappa shape index (κ1) is 14.2. The van der Waals surface area contributed by atoms with Gasteiger partial charge in [-0.15, -0.1) is 0 Å². The van der Waals surface area contributed by atoms with E-state index in [2.05, 4.69) is 5.16 Å². The Morgan fingerprint density at radius 1 is 1.17 bits per heavy atom. The Morgan fingerprint density at radius 3 is 2.30 bits per heavy atom. The molecule has 3 heterocycles. The van der Waals surface area contributed by atoms with Crippen LogP contribution in [0, 0.1) is 18.8 Å². The number of aryl methyl sites for hydroxylation is 1.